The van der Waals surface area contributed by atoms with E-state index in [1.807, 2.05) is 17.9 Å². The Bertz CT molecular complexity index is 866. The van der Waals surface area contributed by atoms with Gasteiger partial charge in [-0.05, 0) is 48.9 Å². The van der Waals surface area contributed by atoms with E-state index < -0.39 is 0 Å². The molecule has 4 rings (SSSR count). The van der Waals surface area contributed by atoms with Gasteiger partial charge in [0.25, 0.3) is 0 Å². The summed E-state index contributed by atoms with van der Waals surface area (Å²) >= 11 is 0. The molecule has 1 spiro atoms. The molecule has 0 unspecified atom stereocenters. The number of methoxy groups -OCH3 is 2. The Morgan fingerprint density at radius 1 is 1.14 bits per heavy atom. The zero-order valence-corrected chi connectivity index (χ0v) is 16.6. The Hall–Kier alpha value is -2.41. The molecule has 0 radical (unpaired) electrons. The molecule has 2 aliphatic rings. The van der Waals surface area contributed by atoms with Gasteiger partial charge in [-0.2, -0.15) is 0 Å². The first kappa shape index (κ1) is 18.9. The standard InChI is InChI=1S/C21H26FN3O3/c1-4-16-19(22)20(24-13-23-16)25-8-6-21(7-9-25)15-12-18(27-3)17(26-2)11-14(15)5-10-28-21/h11-13H,4-10H2,1-3H3. The van der Waals surface area contributed by atoms with Gasteiger partial charge in [0, 0.05) is 13.1 Å². The normalized spacial score (nSPS) is 18.1. The zero-order chi connectivity index (χ0) is 19.7. The number of ether oxygens (including phenoxy) is 3. The highest BCUT2D eigenvalue weighted by molar-refractivity contribution is 5.51. The first-order chi connectivity index (χ1) is 13.6. The number of aromatic nitrogens is 2. The molecule has 28 heavy (non-hydrogen) atoms. The van der Waals surface area contributed by atoms with Crippen LogP contribution < -0.4 is 14.4 Å². The number of hydrogen-bond acceptors (Lipinski definition) is 6. The molecule has 6 nitrogen and oxygen atoms in total. The molecule has 150 valence electrons. The van der Waals surface area contributed by atoms with Gasteiger partial charge in [-0.1, -0.05) is 6.92 Å². The highest BCUT2D eigenvalue weighted by Crippen LogP contribution is 2.45. The zero-order valence-electron chi connectivity index (χ0n) is 16.6. The average Bonchev–Trinajstić information content (AvgIpc) is 2.74. The maximum atomic E-state index is 14.7. The van der Waals surface area contributed by atoms with Crippen LogP contribution in [0.4, 0.5) is 10.2 Å². The molecule has 0 N–H and O–H groups in total. The van der Waals surface area contributed by atoms with Crippen LogP contribution in [0.1, 0.15) is 36.6 Å². The molecule has 0 atom stereocenters. The van der Waals surface area contributed by atoms with E-state index in [4.69, 9.17) is 14.2 Å². The van der Waals surface area contributed by atoms with Gasteiger partial charge in [-0.25, -0.2) is 14.4 Å². The van der Waals surface area contributed by atoms with Crippen molar-refractivity contribution >= 4 is 5.82 Å². The second-order valence-corrected chi connectivity index (χ2v) is 7.26. The van der Waals surface area contributed by atoms with Gasteiger partial charge >= 0.3 is 0 Å². The van der Waals surface area contributed by atoms with Crippen molar-refractivity contribution in [1.82, 2.24) is 9.97 Å². The fraction of sp³-hybridized carbons (Fsp3) is 0.524. The fourth-order valence-corrected chi connectivity index (χ4v) is 4.34. The van der Waals surface area contributed by atoms with Gasteiger partial charge in [0.15, 0.2) is 23.1 Å². The van der Waals surface area contributed by atoms with Crippen molar-refractivity contribution in [2.75, 3.05) is 38.8 Å². The highest BCUT2D eigenvalue weighted by atomic mass is 19.1. The predicted molar refractivity (Wildman–Crippen MR) is 104 cm³/mol. The summed E-state index contributed by atoms with van der Waals surface area (Å²) in [4.78, 5) is 10.2. The predicted octanol–water partition coefficient (Wildman–Crippen LogP) is 3.26. The Labute approximate surface area is 164 Å². The van der Waals surface area contributed by atoms with E-state index in [1.54, 1.807) is 14.2 Å². The molecule has 1 aromatic carbocycles. The van der Waals surface area contributed by atoms with E-state index >= 15 is 0 Å². The maximum Gasteiger partial charge on any atom is 0.187 e. The van der Waals surface area contributed by atoms with Gasteiger partial charge in [-0.3, -0.25) is 0 Å². The van der Waals surface area contributed by atoms with Gasteiger partial charge < -0.3 is 19.1 Å². The molecule has 0 saturated carbocycles. The Morgan fingerprint density at radius 3 is 2.54 bits per heavy atom. The summed E-state index contributed by atoms with van der Waals surface area (Å²) in [5.41, 5.74) is 2.48. The van der Waals surface area contributed by atoms with Crippen molar-refractivity contribution in [3.63, 3.8) is 0 Å². The smallest absolute Gasteiger partial charge is 0.187 e. The number of aryl methyl sites for hydroxylation is 1. The van der Waals surface area contributed by atoms with Crippen LogP contribution in [-0.2, 0) is 23.2 Å². The lowest BCUT2D eigenvalue weighted by Gasteiger charge is -2.45. The summed E-state index contributed by atoms with van der Waals surface area (Å²) in [6.07, 6.45) is 4.38. The maximum absolute atomic E-state index is 14.7. The molecular formula is C21H26FN3O3. The molecule has 0 aliphatic carbocycles. The molecule has 1 saturated heterocycles. The second-order valence-electron chi connectivity index (χ2n) is 7.26. The largest absolute Gasteiger partial charge is 0.493 e. The highest BCUT2D eigenvalue weighted by Gasteiger charge is 2.42. The van der Waals surface area contributed by atoms with E-state index in [9.17, 15) is 4.39 Å². The van der Waals surface area contributed by atoms with Gasteiger partial charge in [-0.15, -0.1) is 0 Å². The minimum atomic E-state index is -0.374. The average molecular weight is 387 g/mol. The molecule has 3 heterocycles. The van der Waals surface area contributed by atoms with Crippen LogP contribution in [0.15, 0.2) is 18.5 Å². The number of halogens is 1. The molecule has 0 amide bonds. The number of benzene rings is 1. The van der Waals surface area contributed by atoms with E-state index in [2.05, 4.69) is 16.0 Å². The molecule has 1 aromatic heterocycles. The summed E-state index contributed by atoms with van der Waals surface area (Å²) < 4.78 is 32.0. The summed E-state index contributed by atoms with van der Waals surface area (Å²) in [7, 11) is 3.30. The van der Waals surface area contributed by atoms with Crippen LogP contribution in [-0.4, -0.2) is 43.9 Å². The van der Waals surface area contributed by atoms with Gasteiger partial charge in [0.2, 0.25) is 0 Å². The van der Waals surface area contributed by atoms with Crippen LogP contribution in [0.25, 0.3) is 0 Å². The SMILES string of the molecule is CCc1ncnc(N2CCC3(CC2)OCCc2cc(OC)c(OC)cc23)c1F. The van der Waals surface area contributed by atoms with Gasteiger partial charge in [0.05, 0.1) is 32.1 Å². The van der Waals surface area contributed by atoms with Crippen molar-refractivity contribution in [2.45, 2.75) is 38.2 Å². The van der Waals surface area contributed by atoms with Crippen LogP contribution in [0.2, 0.25) is 0 Å². The first-order valence-electron chi connectivity index (χ1n) is 9.75. The van der Waals surface area contributed by atoms with Crippen molar-refractivity contribution in [1.29, 1.82) is 0 Å². The third-order valence-electron chi connectivity index (χ3n) is 5.90. The number of hydrogen-bond donors (Lipinski definition) is 0. The Kier molecular flexibility index (Phi) is 5.10. The van der Waals surface area contributed by atoms with E-state index in [0.717, 1.165) is 30.6 Å². The lowest BCUT2D eigenvalue weighted by molar-refractivity contribution is -0.0769. The topological polar surface area (TPSA) is 56.7 Å². The van der Waals surface area contributed by atoms with Crippen LogP contribution in [0.3, 0.4) is 0 Å². The van der Waals surface area contributed by atoms with Crippen LogP contribution in [0.5, 0.6) is 11.5 Å². The molecule has 2 aliphatic heterocycles. The summed E-state index contributed by atoms with van der Waals surface area (Å²) in [5.74, 6) is 1.54. The molecule has 2 aromatic rings. The minimum absolute atomic E-state index is 0.308. The lowest BCUT2D eigenvalue weighted by atomic mass is 9.79. The van der Waals surface area contributed by atoms with E-state index in [0.29, 0.717) is 43.4 Å². The first-order valence-corrected chi connectivity index (χ1v) is 9.75. The van der Waals surface area contributed by atoms with E-state index in [1.165, 1.54) is 11.9 Å². The summed E-state index contributed by atoms with van der Waals surface area (Å²) in [6, 6.07) is 4.10. The van der Waals surface area contributed by atoms with Gasteiger partial charge in [0.1, 0.15) is 6.33 Å². The number of rotatable bonds is 4. The number of fused-ring (bicyclic) bond motifs is 2. The lowest BCUT2D eigenvalue weighted by Crippen LogP contribution is -2.47. The van der Waals surface area contributed by atoms with Crippen molar-refractivity contribution in [3.8, 4) is 11.5 Å². The second kappa shape index (κ2) is 7.54. The van der Waals surface area contributed by atoms with E-state index in [-0.39, 0.29) is 11.4 Å². The molecule has 7 heteroatoms. The van der Waals surface area contributed by atoms with Crippen molar-refractivity contribution in [2.24, 2.45) is 0 Å². The number of nitrogens with zero attached hydrogens (tertiary/aromatic N) is 3. The minimum Gasteiger partial charge on any atom is -0.493 e. The van der Waals surface area contributed by atoms with Crippen molar-refractivity contribution < 1.29 is 18.6 Å². The Balaban J connectivity index is 1.62. The molecular weight excluding hydrogens is 361 g/mol. The summed E-state index contributed by atoms with van der Waals surface area (Å²) in [6.45, 7) is 3.91. The van der Waals surface area contributed by atoms with Crippen LogP contribution >= 0.6 is 0 Å². The molecule has 1 fully saturated rings. The number of anilines is 1. The number of piperidine rings is 1. The fourth-order valence-electron chi connectivity index (χ4n) is 4.34. The Morgan fingerprint density at radius 2 is 1.86 bits per heavy atom. The summed E-state index contributed by atoms with van der Waals surface area (Å²) in [5, 5.41) is 0. The quantitative estimate of drug-likeness (QED) is 0.803. The molecule has 0 bridgehead atoms. The third kappa shape index (κ3) is 3.07. The monoisotopic (exact) mass is 387 g/mol. The van der Waals surface area contributed by atoms with Crippen molar-refractivity contribution in [3.05, 3.63) is 41.1 Å². The van der Waals surface area contributed by atoms with Crippen LogP contribution in [0, 0.1) is 5.82 Å². The third-order valence-corrected chi connectivity index (χ3v) is 5.90.